The minimum atomic E-state index is -0.674. The fourth-order valence-corrected chi connectivity index (χ4v) is 1.56. The summed E-state index contributed by atoms with van der Waals surface area (Å²) in [5, 5.41) is 5.28. The lowest BCUT2D eigenvalue weighted by atomic mass is 10.2. The van der Waals surface area contributed by atoms with Gasteiger partial charge >= 0.3 is 0 Å². The molecule has 0 aromatic carbocycles. The molecule has 4 N–H and O–H groups in total. The van der Waals surface area contributed by atoms with Gasteiger partial charge in [-0.15, -0.1) is 0 Å². The number of amides is 2. The van der Waals surface area contributed by atoms with E-state index in [0.717, 1.165) is 0 Å². The van der Waals surface area contributed by atoms with Gasteiger partial charge in [-0.05, 0) is 26.8 Å². The topological polar surface area (TPSA) is 97.1 Å². The van der Waals surface area contributed by atoms with Gasteiger partial charge in [0.1, 0.15) is 11.2 Å². The van der Waals surface area contributed by atoms with Crippen LogP contribution in [0.25, 0.3) is 0 Å². The van der Waals surface area contributed by atoms with E-state index in [1.54, 1.807) is 6.92 Å². The number of nitrogens with one attached hydrogen (secondary N) is 2. The molecule has 0 bridgehead atoms. The van der Waals surface area contributed by atoms with E-state index in [1.165, 1.54) is 12.3 Å². The normalized spacial score (nSPS) is 12.1. The van der Waals surface area contributed by atoms with Crippen molar-refractivity contribution < 1.29 is 9.59 Å². The average molecular weight is 285 g/mol. The van der Waals surface area contributed by atoms with Crippen LogP contribution in [-0.2, 0) is 4.79 Å². The summed E-state index contributed by atoms with van der Waals surface area (Å²) in [4.78, 5) is 27.4. The highest BCUT2D eigenvalue weighted by Crippen LogP contribution is 2.15. The van der Waals surface area contributed by atoms with Crippen LogP contribution in [0, 0.1) is 0 Å². The number of pyridine rings is 1. The van der Waals surface area contributed by atoms with E-state index >= 15 is 0 Å². The van der Waals surface area contributed by atoms with Gasteiger partial charge in [0.25, 0.3) is 5.91 Å². The first kappa shape index (κ1) is 15.2. The molecule has 0 aliphatic rings. The summed E-state index contributed by atoms with van der Waals surface area (Å²) in [6, 6.07) is 0.745. The average Bonchev–Trinajstić information content (AvgIpc) is 2.31. The predicted molar refractivity (Wildman–Crippen MR) is 73.9 cm³/mol. The van der Waals surface area contributed by atoms with Gasteiger partial charge in [-0.1, -0.05) is 11.6 Å². The lowest BCUT2D eigenvalue weighted by Crippen LogP contribution is -2.46. The fourth-order valence-electron chi connectivity index (χ4n) is 1.37. The molecule has 0 saturated heterocycles. The van der Waals surface area contributed by atoms with E-state index in [1.807, 2.05) is 13.8 Å². The number of carbonyl (C=O) groups excluding carboxylic acids is 2. The molecule has 0 fully saturated rings. The molecule has 1 atom stereocenters. The first-order chi connectivity index (χ1) is 8.81. The Morgan fingerprint density at radius 2 is 1.95 bits per heavy atom. The predicted octanol–water partition coefficient (Wildman–Crippen LogP) is 0.960. The minimum Gasteiger partial charge on any atom is -0.397 e. The van der Waals surface area contributed by atoms with Crippen LogP contribution in [0.1, 0.15) is 31.1 Å². The summed E-state index contributed by atoms with van der Waals surface area (Å²) in [5.74, 6) is -0.757. The molecule has 1 aromatic rings. The van der Waals surface area contributed by atoms with Crippen molar-refractivity contribution in [3.63, 3.8) is 0 Å². The zero-order valence-corrected chi connectivity index (χ0v) is 11.8. The number of halogens is 1. The van der Waals surface area contributed by atoms with Gasteiger partial charge in [-0.3, -0.25) is 9.59 Å². The van der Waals surface area contributed by atoms with E-state index in [4.69, 9.17) is 17.3 Å². The zero-order valence-electron chi connectivity index (χ0n) is 11.0. The van der Waals surface area contributed by atoms with Gasteiger partial charge in [0.2, 0.25) is 5.91 Å². The highest BCUT2D eigenvalue weighted by atomic mass is 35.5. The first-order valence-corrected chi connectivity index (χ1v) is 6.21. The summed E-state index contributed by atoms with van der Waals surface area (Å²) in [5.41, 5.74) is 6.01. The molecule has 0 radical (unpaired) electrons. The van der Waals surface area contributed by atoms with Crippen molar-refractivity contribution in [2.75, 3.05) is 5.73 Å². The van der Waals surface area contributed by atoms with Crippen LogP contribution >= 0.6 is 11.6 Å². The maximum atomic E-state index is 11.9. The molecule has 104 valence electrons. The number of hydrogen-bond donors (Lipinski definition) is 3. The van der Waals surface area contributed by atoms with Gasteiger partial charge in [-0.25, -0.2) is 4.98 Å². The Balaban J connectivity index is 2.74. The van der Waals surface area contributed by atoms with E-state index in [-0.39, 0.29) is 22.7 Å². The molecule has 0 aliphatic carbocycles. The molecule has 7 heteroatoms. The number of carbonyl (C=O) groups is 2. The first-order valence-electron chi connectivity index (χ1n) is 5.83. The van der Waals surface area contributed by atoms with Gasteiger partial charge < -0.3 is 16.4 Å². The maximum Gasteiger partial charge on any atom is 0.255 e. The van der Waals surface area contributed by atoms with Crippen LogP contribution in [0.15, 0.2) is 12.3 Å². The van der Waals surface area contributed by atoms with Crippen molar-refractivity contribution in [1.82, 2.24) is 15.6 Å². The van der Waals surface area contributed by atoms with E-state index in [0.29, 0.717) is 5.69 Å². The third kappa shape index (κ3) is 4.40. The number of rotatable bonds is 4. The fraction of sp³-hybridized carbons (Fsp3) is 0.417. The second kappa shape index (κ2) is 6.38. The maximum absolute atomic E-state index is 11.9. The van der Waals surface area contributed by atoms with Gasteiger partial charge in [0.05, 0.1) is 17.4 Å². The Hall–Kier alpha value is -1.82. The number of hydrogen-bond acceptors (Lipinski definition) is 4. The Bertz CT molecular complexity index is 491. The van der Waals surface area contributed by atoms with Gasteiger partial charge in [-0.2, -0.15) is 0 Å². The molecule has 0 aliphatic heterocycles. The molecule has 2 amide bonds. The Morgan fingerprint density at radius 1 is 1.32 bits per heavy atom. The lowest BCUT2D eigenvalue weighted by molar-refractivity contribution is -0.123. The van der Waals surface area contributed by atoms with Crippen molar-refractivity contribution >= 4 is 29.1 Å². The van der Waals surface area contributed by atoms with Crippen molar-refractivity contribution in [2.45, 2.75) is 32.9 Å². The minimum absolute atomic E-state index is 0.00414. The van der Waals surface area contributed by atoms with Gasteiger partial charge in [0, 0.05) is 6.04 Å². The molecule has 0 saturated carbocycles. The molecule has 1 rings (SSSR count). The highest BCUT2D eigenvalue weighted by molar-refractivity contribution is 6.32. The Labute approximate surface area is 116 Å². The summed E-state index contributed by atoms with van der Waals surface area (Å²) in [6.07, 6.45) is 1.36. The zero-order chi connectivity index (χ0) is 14.6. The summed E-state index contributed by atoms with van der Waals surface area (Å²) in [6.45, 7) is 5.26. The van der Waals surface area contributed by atoms with Crippen LogP contribution in [0.3, 0.4) is 0 Å². The van der Waals surface area contributed by atoms with E-state index < -0.39 is 11.9 Å². The van der Waals surface area contributed by atoms with Crippen molar-refractivity contribution in [3.8, 4) is 0 Å². The third-order valence-corrected chi connectivity index (χ3v) is 2.58. The van der Waals surface area contributed by atoms with Crippen LogP contribution in [0.2, 0.25) is 5.15 Å². The standard InChI is InChI=1S/C12H17ClN4O2/c1-6(2)16-11(18)7(3)17-12(19)9-4-8(14)5-15-10(9)13/h4-7H,14H2,1-3H3,(H,16,18)(H,17,19). The lowest BCUT2D eigenvalue weighted by Gasteiger charge is -2.16. The quantitative estimate of drug-likeness (QED) is 0.717. The number of aromatic nitrogens is 1. The third-order valence-electron chi connectivity index (χ3n) is 2.28. The SMILES string of the molecule is CC(C)NC(=O)C(C)NC(=O)c1cc(N)cnc1Cl. The molecule has 6 nitrogen and oxygen atoms in total. The monoisotopic (exact) mass is 284 g/mol. The van der Waals surface area contributed by atoms with Crippen LogP contribution in [0.5, 0.6) is 0 Å². The van der Waals surface area contributed by atoms with Crippen molar-refractivity contribution in [3.05, 3.63) is 23.0 Å². The Kier molecular flexibility index (Phi) is 5.11. The van der Waals surface area contributed by atoms with E-state index in [2.05, 4.69) is 15.6 Å². The summed E-state index contributed by atoms with van der Waals surface area (Å²) < 4.78 is 0. The molecule has 0 spiro atoms. The van der Waals surface area contributed by atoms with Crippen LogP contribution < -0.4 is 16.4 Å². The Morgan fingerprint density at radius 3 is 2.53 bits per heavy atom. The molecule has 1 unspecified atom stereocenters. The second-order valence-electron chi connectivity index (χ2n) is 4.47. The van der Waals surface area contributed by atoms with E-state index in [9.17, 15) is 9.59 Å². The smallest absolute Gasteiger partial charge is 0.255 e. The second-order valence-corrected chi connectivity index (χ2v) is 4.82. The molecular weight excluding hydrogens is 268 g/mol. The molecule has 19 heavy (non-hydrogen) atoms. The number of nitrogen functional groups attached to an aromatic ring is 1. The number of anilines is 1. The number of nitrogens with zero attached hydrogens (tertiary/aromatic N) is 1. The summed E-state index contributed by atoms with van der Waals surface area (Å²) >= 11 is 5.81. The summed E-state index contributed by atoms with van der Waals surface area (Å²) in [7, 11) is 0. The largest absolute Gasteiger partial charge is 0.397 e. The molecule has 1 heterocycles. The van der Waals surface area contributed by atoms with Gasteiger partial charge in [0.15, 0.2) is 0 Å². The van der Waals surface area contributed by atoms with Crippen molar-refractivity contribution in [1.29, 1.82) is 0 Å². The molecule has 1 aromatic heterocycles. The van der Waals surface area contributed by atoms with Crippen molar-refractivity contribution in [2.24, 2.45) is 0 Å². The van der Waals surface area contributed by atoms with Crippen LogP contribution in [0.4, 0.5) is 5.69 Å². The number of nitrogens with two attached hydrogens (primary N) is 1. The highest BCUT2D eigenvalue weighted by Gasteiger charge is 2.19. The van der Waals surface area contributed by atoms with Crippen LogP contribution in [-0.4, -0.2) is 28.9 Å². The molecular formula is C12H17ClN4O2.